The van der Waals surface area contributed by atoms with Gasteiger partial charge in [-0.1, -0.05) is 12.1 Å². The van der Waals surface area contributed by atoms with Crippen LogP contribution >= 0.6 is 0 Å². The standard InChI is InChI=1S/C17H19N3O3/c21-16(22-8-15-7-18-11-23-15)20-14-3-1-12(2-4-14)13-5-17(6-13)9-19-10-17/h1-4,7,11,13,19H,5-6,8-10H2,(H,20,21). The predicted molar refractivity (Wildman–Crippen MR) is 84.0 cm³/mol. The van der Waals surface area contributed by atoms with Gasteiger partial charge < -0.3 is 14.5 Å². The van der Waals surface area contributed by atoms with Gasteiger partial charge in [-0.2, -0.15) is 0 Å². The number of rotatable bonds is 4. The molecule has 1 saturated heterocycles. The van der Waals surface area contributed by atoms with Crippen LogP contribution in [0, 0.1) is 5.41 Å². The highest BCUT2D eigenvalue weighted by atomic mass is 16.6. The van der Waals surface area contributed by atoms with E-state index in [-0.39, 0.29) is 6.61 Å². The Hall–Kier alpha value is -2.34. The van der Waals surface area contributed by atoms with E-state index in [1.165, 1.54) is 44.1 Å². The molecule has 6 heteroatoms. The van der Waals surface area contributed by atoms with Crippen molar-refractivity contribution < 1.29 is 13.9 Å². The van der Waals surface area contributed by atoms with Crippen LogP contribution in [0.5, 0.6) is 0 Å². The third-order valence-corrected chi connectivity index (χ3v) is 4.82. The number of carbonyl (C=O) groups is 1. The molecule has 0 radical (unpaired) electrons. The molecule has 2 heterocycles. The zero-order valence-corrected chi connectivity index (χ0v) is 12.7. The molecule has 120 valence electrons. The molecule has 23 heavy (non-hydrogen) atoms. The largest absolute Gasteiger partial charge is 0.445 e. The van der Waals surface area contributed by atoms with Gasteiger partial charge in [0.2, 0.25) is 0 Å². The van der Waals surface area contributed by atoms with Gasteiger partial charge in [0.1, 0.15) is 0 Å². The molecular weight excluding hydrogens is 294 g/mol. The number of benzene rings is 1. The molecule has 1 aromatic carbocycles. The number of ether oxygens (including phenoxy) is 1. The number of nitrogens with zero attached hydrogens (tertiary/aromatic N) is 1. The minimum atomic E-state index is -0.503. The van der Waals surface area contributed by atoms with E-state index >= 15 is 0 Å². The van der Waals surface area contributed by atoms with Crippen molar-refractivity contribution in [3.63, 3.8) is 0 Å². The number of hydrogen-bond donors (Lipinski definition) is 2. The minimum absolute atomic E-state index is 0.0715. The predicted octanol–water partition coefficient (Wildman–Crippen LogP) is 2.89. The maximum absolute atomic E-state index is 11.7. The van der Waals surface area contributed by atoms with Crippen LogP contribution in [-0.4, -0.2) is 24.2 Å². The van der Waals surface area contributed by atoms with Gasteiger partial charge in [0.05, 0.1) is 6.20 Å². The molecular formula is C17H19N3O3. The van der Waals surface area contributed by atoms with Crippen LogP contribution in [0.3, 0.4) is 0 Å². The summed E-state index contributed by atoms with van der Waals surface area (Å²) in [6.45, 7) is 2.41. The molecule has 1 saturated carbocycles. The maximum atomic E-state index is 11.7. The normalized spacial score (nSPS) is 19.0. The molecule has 2 aliphatic rings. The van der Waals surface area contributed by atoms with Gasteiger partial charge in [-0.05, 0) is 41.9 Å². The number of amides is 1. The second-order valence-corrected chi connectivity index (χ2v) is 6.50. The fourth-order valence-electron chi connectivity index (χ4n) is 3.43. The molecule has 2 fully saturated rings. The maximum Gasteiger partial charge on any atom is 0.412 e. The van der Waals surface area contributed by atoms with Crippen LogP contribution in [0.1, 0.15) is 30.1 Å². The zero-order valence-electron chi connectivity index (χ0n) is 12.7. The molecule has 0 bridgehead atoms. The third-order valence-electron chi connectivity index (χ3n) is 4.82. The summed E-state index contributed by atoms with van der Waals surface area (Å²) in [6, 6.07) is 8.04. The molecule has 1 aliphatic carbocycles. The Bertz CT molecular complexity index is 670. The Labute approximate surface area is 134 Å². The van der Waals surface area contributed by atoms with Crippen molar-refractivity contribution >= 4 is 11.8 Å². The van der Waals surface area contributed by atoms with Crippen LogP contribution in [0.4, 0.5) is 10.5 Å². The Morgan fingerprint density at radius 3 is 2.74 bits per heavy atom. The number of anilines is 1. The molecule has 0 unspecified atom stereocenters. The fraction of sp³-hybridized carbons (Fsp3) is 0.412. The average molecular weight is 313 g/mol. The summed E-state index contributed by atoms with van der Waals surface area (Å²) in [5, 5.41) is 6.07. The summed E-state index contributed by atoms with van der Waals surface area (Å²) < 4.78 is 10.1. The summed E-state index contributed by atoms with van der Waals surface area (Å²) in [4.78, 5) is 15.5. The van der Waals surface area contributed by atoms with Crippen molar-refractivity contribution in [1.82, 2.24) is 10.3 Å². The molecule has 1 aliphatic heterocycles. The molecule has 2 N–H and O–H groups in total. The Morgan fingerprint density at radius 1 is 1.35 bits per heavy atom. The molecule has 1 aromatic heterocycles. The van der Waals surface area contributed by atoms with Gasteiger partial charge in [-0.3, -0.25) is 5.32 Å². The smallest absolute Gasteiger partial charge is 0.412 e. The van der Waals surface area contributed by atoms with E-state index in [4.69, 9.17) is 9.15 Å². The highest BCUT2D eigenvalue weighted by Gasteiger charge is 2.48. The van der Waals surface area contributed by atoms with E-state index in [0.29, 0.717) is 17.1 Å². The first-order chi connectivity index (χ1) is 11.2. The molecule has 2 aromatic rings. The van der Waals surface area contributed by atoms with Crippen molar-refractivity contribution in [2.75, 3.05) is 18.4 Å². The van der Waals surface area contributed by atoms with Crippen LogP contribution in [0.15, 0.2) is 41.3 Å². The van der Waals surface area contributed by atoms with Gasteiger partial charge in [-0.15, -0.1) is 0 Å². The quantitative estimate of drug-likeness (QED) is 0.907. The number of oxazole rings is 1. The highest BCUT2D eigenvalue weighted by Crippen LogP contribution is 2.53. The lowest BCUT2D eigenvalue weighted by molar-refractivity contribution is 0.0363. The van der Waals surface area contributed by atoms with E-state index < -0.39 is 6.09 Å². The number of aromatic nitrogens is 1. The number of nitrogens with one attached hydrogen (secondary N) is 2. The van der Waals surface area contributed by atoms with Crippen molar-refractivity contribution in [2.45, 2.75) is 25.4 Å². The van der Waals surface area contributed by atoms with Crippen LogP contribution in [0.2, 0.25) is 0 Å². The van der Waals surface area contributed by atoms with Gasteiger partial charge in [0.15, 0.2) is 18.8 Å². The summed E-state index contributed by atoms with van der Waals surface area (Å²) >= 11 is 0. The third kappa shape index (κ3) is 2.94. The molecule has 1 spiro atoms. The molecule has 4 rings (SSSR count). The van der Waals surface area contributed by atoms with E-state index in [9.17, 15) is 4.79 Å². The summed E-state index contributed by atoms with van der Waals surface area (Å²) in [7, 11) is 0. The summed E-state index contributed by atoms with van der Waals surface area (Å²) in [5.74, 6) is 1.17. The Kier molecular flexibility index (Phi) is 3.53. The van der Waals surface area contributed by atoms with Crippen LogP contribution < -0.4 is 10.6 Å². The Morgan fingerprint density at radius 2 is 2.13 bits per heavy atom. The first kappa shape index (κ1) is 14.3. The van der Waals surface area contributed by atoms with Crippen LogP contribution in [0.25, 0.3) is 0 Å². The van der Waals surface area contributed by atoms with Gasteiger partial charge >= 0.3 is 6.09 Å². The topological polar surface area (TPSA) is 76.4 Å². The Balaban J connectivity index is 1.27. The van der Waals surface area contributed by atoms with Crippen molar-refractivity contribution in [1.29, 1.82) is 0 Å². The first-order valence-electron chi connectivity index (χ1n) is 7.84. The number of hydrogen-bond acceptors (Lipinski definition) is 5. The molecule has 0 atom stereocenters. The van der Waals surface area contributed by atoms with Crippen molar-refractivity contribution in [2.24, 2.45) is 5.41 Å². The van der Waals surface area contributed by atoms with Crippen molar-refractivity contribution in [3.8, 4) is 0 Å². The van der Waals surface area contributed by atoms with Crippen LogP contribution in [-0.2, 0) is 11.3 Å². The van der Waals surface area contributed by atoms with E-state index in [1.807, 2.05) is 12.1 Å². The van der Waals surface area contributed by atoms with Gasteiger partial charge in [0, 0.05) is 18.8 Å². The highest BCUT2D eigenvalue weighted by molar-refractivity contribution is 5.84. The van der Waals surface area contributed by atoms with Gasteiger partial charge in [-0.25, -0.2) is 9.78 Å². The van der Waals surface area contributed by atoms with Crippen molar-refractivity contribution in [3.05, 3.63) is 48.2 Å². The molecule has 6 nitrogen and oxygen atoms in total. The second kappa shape index (κ2) is 5.70. The first-order valence-corrected chi connectivity index (χ1v) is 7.84. The summed E-state index contributed by atoms with van der Waals surface area (Å²) in [5.41, 5.74) is 2.66. The van der Waals surface area contributed by atoms with E-state index in [1.54, 1.807) is 0 Å². The number of carbonyl (C=O) groups excluding carboxylic acids is 1. The second-order valence-electron chi connectivity index (χ2n) is 6.50. The molecule has 1 amide bonds. The lowest BCUT2D eigenvalue weighted by atomic mass is 9.57. The van der Waals surface area contributed by atoms with Gasteiger partial charge in [0.25, 0.3) is 0 Å². The monoisotopic (exact) mass is 313 g/mol. The average Bonchev–Trinajstić information content (AvgIpc) is 2.97. The lowest BCUT2D eigenvalue weighted by Crippen LogP contribution is -2.59. The zero-order chi connectivity index (χ0) is 15.7. The SMILES string of the molecule is O=C(Nc1ccc(C2CC3(CNC3)C2)cc1)OCc1cnco1. The van der Waals surface area contributed by atoms with E-state index in [2.05, 4.69) is 27.8 Å². The fourth-order valence-corrected chi connectivity index (χ4v) is 3.43. The lowest BCUT2D eigenvalue weighted by Gasteiger charge is -2.54. The minimum Gasteiger partial charge on any atom is -0.445 e. The summed E-state index contributed by atoms with van der Waals surface area (Å²) in [6.07, 6.45) is 4.86. The van der Waals surface area contributed by atoms with E-state index in [0.717, 1.165) is 5.69 Å².